The Morgan fingerprint density at radius 3 is 2.58 bits per heavy atom. The topological polar surface area (TPSA) is 104 Å². The predicted molar refractivity (Wildman–Crippen MR) is 136 cm³/mol. The third-order valence-corrected chi connectivity index (χ3v) is 6.59. The summed E-state index contributed by atoms with van der Waals surface area (Å²) in [4.78, 5) is 27.1. The van der Waals surface area contributed by atoms with Gasteiger partial charge in [-0.1, -0.05) is 31.5 Å². The molecule has 9 heteroatoms. The smallest absolute Gasteiger partial charge is 0.243 e. The normalized spacial score (nSPS) is 16.1. The van der Waals surface area contributed by atoms with Crippen LogP contribution in [-0.4, -0.2) is 60.3 Å². The number of aromatic nitrogens is 2. The zero-order valence-electron chi connectivity index (χ0n) is 20.4. The molecule has 1 aromatic heterocycles. The van der Waals surface area contributed by atoms with E-state index >= 15 is 0 Å². The van der Waals surface area contributed by atoms with Crippen LogP contribution in [0.4, 0.5) is 5.82 Å². The van der Waals surface area contributed by atoms with Crippen molar-refractivity contribution in [2.24, 2.45) is 0 Å². The van der Waals surface area contributed by atoms with Crippen LogP contribution in [0.3, 0.4) is 0 Å². The Morgan fingerprint density at radius 2 is 1.83 bits per heavy atom. The number of ether oxygens (including phenoxy) is 2. The Morgan fingerprint density at radius 1 is 1.08 bits per heavy atom. The molecule has 1 amide bonds. The van der Waals surface area contributed by atoms with E-state index in [4.69, 9.17) is 19.4 Å². The van der Waals surface area contributed by atoms with Crippen molar-refractivity contribution in [2.75, 3.05) is 44.4 Å². The molecule has 2 aromatic carbocycles. The van der Waals surface area contributed by atoms with Crippen LogP contribution in [0.5, 0.6) is 11.5 Å². The molecule has 0 aliphatic carbocycles. The molecule has 2 aliphatic heterocycles. The number of unbranched alkanes of at least 4 members (excludes halogenated alkanes) is 1. The lowest BCUT2D eigenvalue weighted by atomic mass is 10.0. The van der Waals surface area contributed by atoms with Crippen molar-refractivity contribution < 1.29 is 14.3 Å². The highest BCUT2D eigenvalue weighted by atomic mass is 16.7. The molecular weight excluding hydrogens is 456 g/mol. The van der Waals surface area contributed by atoms with Crippen molar-refractivity contribution in [3.8, 4) is 17.6 Å². The van der Waals surface area contributed by atoms with Crippen molar-refractivity contribution in [1.82, 2.24) is 20.2 Å². The number of nitriles is 1. The van der Waals surface area contributed by atoms with Crippen LogP contribution in [0, 0.1) is 11.3 Å². The highest BCUT2D eigenvalue weighted by molar-refractivity contribution is 5.88. The molecule has 0 bridgehead atoms. The summed E-state index contributed by atoms with van der Waals surface area (Å²) in [6.45, 7) is 6.77. The van der Waals surface area contributed by atoms with Crippen LogP contribution in [0.1, 0.15) is 36.9 Å². The molecule has 1 saturated heterocycles. The van der Waals surface area contributed by atoms with E-state index in [1.165, 1.54) is 5.56 Å². The second kappa shape index (κ2) is 10.8. The van der Waals surface area contributed by atoms with Gasteiger partial charge in [-0.05, 0) is 36.2 Å². The Kier molecular flexibility index (Phi) is 7.14. The third-order valence-electron chi connectivity index (χ3n) is 6.59. The van der Waals surface area contributed by atoms with Crippen LogP contribution >= 0.6 is 0 Å². The van der Waals surface area contributed by atoms with E-state index in [0.29, 0.717) is 23.6 Å². The van der Waals surface area contributed by atoms with Crippen LogP contribution in [0.2, 0.25) is 0 Å². The molecule has 0 saturated carbocycles. The minimum absolute atomic E-state index is 0.271. The van der Waals surface area contributed by atoms with Crippen molar-refractivity contribution in [2.45, 2.75) is 32.2 Å². The predicted octanol–water partition coefficient (Wildman–Crippen LogP) is 3.20. The van der Waals surface area contributed by atoms with Crippen molar-refractivity contribution >= 4 is 22.8 Å². The highest BCUT2D eigenvalue weighted by Crippen LogP contribution is 2.33. The average molecular weight is 487 g/mol. The fourth-order valence-corrected chi connectivity index (χ4v) is 4.58. The number of benzene rings is 2. The van der Waals surface area contributed by atoms with Gasteiger partial charge in [0, 0.05) is 39.3 Å². The first-order valence-corrected chi connectivity index (χ1v) is 12.5. The largest absolute Gasteiger partial charge is 0.454 e. The number of rotatable bonds is 8. The fourth-order valence-electron chi connectivity index (χ4n) is 4.58. The van der Waals surface area contributed by atoms with Gasteiger partial charge in [-0.2, -0.15) is 5.26 Å². The van der Waals surface area contributed by atoms with E-state index in [-0.39, 0.29) is 12.7 Å². The summed E-state index contributed by atoms with van der Waals surface area (Å²) in [6, 6.07) is 15.8. The molecule has 186 valence electrons. The number of nitrogens with one attached hydrogen (secondary N) is 1. The lowest BCUT2D eigenvalue weighted by Gasteiger charge is -2.36. The Hall–Kier alpha value is -3.90. The molecule has 1 atom stereocenters. The molecule has 0 spiro atoms. The van der Waals surface area contributed by atoms with Crippen molar-refractivity contribution in [1.29, 1.82) is 5.26 Å². The molecule has 1 N–H and O–H groups in total. The summed E-state index contributed by atoms with van der Waals surface area (Å²) in [7, 11) is 0. The van der Waals surface area contributed by atoms with Gasteiger partial charge < -0.3 is 19.7 Å². The quantitative estimate of drug-likeness (QED) is 0.484. The SMILES string of the molecule is CCCCNC(=O)[C@H](C#N)c1nc2ccccc2nc1N1CCN(Cc2ccc3c(c2)OCO3)CC1. The highest BCUT2D eigenvalue weighted by Gasteiger charge is 2.30. The van der Waals surface area contributed by atoms with Gasteiger partial charge >= 0.3 is 0 Å². The van der Waals surface area contributed by atoms with Gasteiger partial charge in [0.15, 0.2) is 23.2 Å². The van der Waals surface area contributed by atoms with Crippen molar-refractivity contribution in [3.63, 3.8) is 0 Å². The number of anilines is 1. The van der Waals surface area contributed by atoms with Gasteiger partial charge in [-0.15, -0.1) is 0 Å². The van der Waals surface area contributed by atoms with Gasteiger partial charge in [0.2, 0.25) is 12.7 Å². The first-order valence-electron chi connectivity index (χ1n) is 12.5. The summed E-state index contributed by atoms with van der Waals surface area (Å²) in [6.07, 6.45) is 1.83. The Balaban J connectivity index is 1.34. The zero-order valence-corrected chi connectivity index (χ0v) is 20.4. The second-order valence-electron chi connectivity index (χ2n) is 9.08. The number of carbonyl (C=O) groups excluding carboxylic acids is 1. The Labute approximate surface area is 210 Å². The van der Waals surface area contributed by atoms with Crippen LogP contribution in [-0.2, 0) is 11.3 Å². The summed E-state index contributed by atoms with van der Waals surface area (Å²) in [5.41, 5.74) is 3.03. The number of hydrogen-bond acceptors (Lipinski definition) is 8. The van der Waals surface area contributed by atoms with Crippen molar-refractivity contribution in [3.05, 3.63) is 53.7 Å². The van der Waals surface area contributed by atoms with E-state index in [1.54, 1.807) is 0 Å². The fraction of sp³-hybridized carbons (Fsp3) is 0.407. The first kappa shape index (κ1) is 23.8. The van der Waals surface area contributed by atoms with E-state index in [9.17, 15) is 10.1 Å². The molecule has 5 rings (SSSR count). The average Bonchev–Trinajstić information content (AvgIpc) is 3.37. The summed E-state index contributed by atoms with van der Waals surface area (Å²) in [5.74, 6) is 0.867. The maximum atomic E-state index is 12.9. The van der Waals surface area contributed by atoms with E-state index in [1.807, 2.05) is 36.4 Å². The number of hydrogen-bond donors (Lipinski definition) is 1. The minimum atomic E-state index is -1.01. The van der Waals surface area contributed by atoms with Gasteiger partial charge in [-0.25, -0.2) is 9.97 Å². The number of piperazine rings is 1. The monoisotopic (exact) mass is 486 g/mol. The summed E-state index contributed by atoms with van der Waals surface area (Å²) in [5, 5.41) is 12.8. The molecule has 3 aromatic rings. The molecule has 36 heavy (non-hydrogen) atoms. The summed E-state index contributed by atoms with van der Waals surface area (Å²) < 4.78 is 10.9. The number of nitrogens with zero attached hydrogens (tertiary/aromatic N) is 5. The standard InChI is InChI=1S/C27H30N6O3/c1-2-3-10-29-27(34)20(16-28)25-26(31-22-7-5-4-6-21(22)30-25)33-13-11-32(12-14-33)17-19-8-9-23-24(15-19)36-18-35-23/h4-9,15,20H,2-3,10-14,17-18H2,1H3,(H,29,34)/t20-/m1/s1. The molecule has 2 aliphatic rings. The van der Waals surface area contributed by atoms with E-state index in [2.05, 4.69) is 34.2 Å². The van der Waals surface area contributed by atoms with Crippen LogP contribution < -0.4 is 19.7 Å². The van der Waals surface area contributed by atoms with Crippen LogP contribution in [0.25, 0.3) is 11.0 Å². The lowest BCUT2D eigenvalue weighted by Crippen LogP contribution is -2.47. The molecule has 0 unspecified atom stereocenters. The van der Waals surface area contributed by atoms with Crippen LogP contribution in [0.15, 0.2) is 42.5 Å². The molecular formula is C27H30N6O3. The maximum absolute atomic E-state index is 12.9. The third kappa shape index (κ3) is 5.04. The zero-order chi connectivity index (χ0) is 24.9. The van der Waals surface area contributed by atoms with Gasteiger partial charge in [0.25, 0.3) is 0 Å². The van der Waals surface area contributed by atoms with Gasteiger partial charge in [0.05, 0.1) is 17.1 Å². The van der Waals surface area contributed by atoms with E-state index in [0.717, 1.165) is 62.6 Å². The second-order valence-corrected chi connectivity index (χ2v) is 9.08. The molecule has 3 heterocycles. The molecule has 0 radical (unpaired) electrons. The van der Waals surface area contributed by atoms with Gasteiger partial charge in [0.1, 0.15) is 5.69 Å². The van der Waals surface area contributed by atoms with E-state index < -0.39 is 5.92 Å². The Bertz CT molecular complexity index is 1280. The van der Waals surface area contributed by atoms with Gasteiger partial charge in [-0.3, -0.25) is 9.69 Å². The molecule has 9 nitrogen and oxygen atoms in total. The lowest BCUT2D eigenvalue weighted by molar-refractivity contribution is -0.121. The number of carbonyl (C=O) groups is 1. The number of para-hydroxylation sites is 2. The first-order chi connectivity index (χ1) is 17.7. The maximum Gasteiger partial charge on any atom is 0.243 e. The minimum Gasteiger partial charge on any atom is -0.454 e. The molecule has 1 fully saturated rings. The number of fused-ring (bicyclic) bond motifs is 2. The number of amides is 1. The summed E-state index contributed by atoms with van der Waals surface area (Å²) >= 11 is 0.